The van der Waals surface area contributed by atoms with Crippen LogP contribution < -0.4 is 19.7 Å². The summed E-state index contributed by atoms with van der Waals surface area (Å²) in [5, 5.41) is 2.92. The minimum atomic E-state index is -0.658. The van der Waals surface area contributed by atoms with Gasteiger partial charge in [0, 0.05) is 30.6 Å². The third-order valence-electron chi connectivity index (χ3n) is 4.25. The molecule has 0 aromatic heterocycles. The number of amides is 2. The molecule has 1 saturated heterocycles. The van der Waals surface area contributed by atoms with Crippen LogP contribution in [0.3, 0.4) is 0 Å². The molecule has 2 heterocycles. The smallest absolute Gasteiger partial charge is 0.229 e. The normalized spacial score (nSPS) is 20.2. The number of nitrogens with one attached hydrogen (secondary N) is 1. The fourth-order valence-electron chi connectivity index (χ4n) is 2.70. The number of fused-ring (bicyclic) bond motifs is 1. The molecule has 1 unspecified atom stereocenters. The lowest BCUT2D eigenvalue weighted by Crippen LogP contribution is -2.44. The first kappa shape index (κ1) is 16.9. The van der Waals surface area contributed by atoms with Crippen molar-refractivity contribution in [3.8, 4) is 11.5 Å². The third kappa shape index (κ3) is 3.29. The molecular formula is C17H21ClN2O4. The van der Waals surface area contributed by atoms with Gasteiger partial charge < -0.3 is 19.7 Å². The number of carbonyl (C=O) groups excluding carboxylic acids is 2. The predicted molar refractivity (Wildman–Crippen MR) is 90.8 cm³/mol. The van der Waals surface area contributed by atoms with Gasteiger partial charge in [0.2, 0.25) is 11.8 Å². The van der Waals surface area contributed by atoms with E-state index in [2.05, 4.69) is 5.32 Å². The van der Waals surface area contributed by atoms with Crippen molar-refractivity contribution in [1.29, 1.82) is 0 Å². The van der Waals surface area contributed by atoms with E-state index >= 15 is 0 Å². The van der Waals surface area contributed by atoms with E-state index in [-0.39, 0.29) is 30.2 Å². The number of rotatable bonds is 4. The Kier molecular flexibility index (Phi) is 4.58. The molecule has 0 aliphatic carbocycles. The van der Waals surface area contributed by atoms with E-state index < -0.39 is 5.41 Å². The molecule has 0 spiro atoms. The Balaban J connectivity index is 1.70. The zero-order valence-corrected chi connectivity index (χ0v) is 14.6. The fourth-order valence-corrected chi connectivity index (χ4v) is 2.82. The van der Waals surface area contributed by atoms with Crippen LogP contribution in [0.15, 0.2) is 18.2 Å². The van der Waals surface area contributed by atoms with E-state index in [0.29, 0.717) is 31.3 Å². The summed E-state index contributed by atoms with van der Waals surface area (Å²) in [6.07, 6.45) is 0.276. The van der Waals surface area contributed by atoms with Gasteiger partial charge in [0.1, 0.15) is 13.2 Å². The molecule has 24 heavy (non-hydrogen) atoms. The molecule has 1 aromatic rings. The number of hydrogen-bond donors (Lipinski definition) is 1. The summed E-state index contributed by atoms with van der Waals surface area (Å²) >= 11 is 5.83. The van der Waals surface area contributed by atoms with Crippen LogP contribution in [0.1, 0.15) is 20.3 Å². The van der Waals surface area contributed by atoms with Crippen molar-refractivity contribution in [3.05, 3.63) is 18.2 Å². The summed E-state index contributed by atoms with van der Waals surface area (Å²) in [6.45, 7) is 5.02. The molecule has 1 N–H and O–H groups in total. The van der Waals surface area contributed by atoms with Gasteiger partial charge in [-0.3, -0.25) is 9.59 Å². The third-order valence-corrected chi connectivity index (χ3v) is 4.91. The quantitative estimate of drug-likeness (QED) is 0.841. The Hall–Kier alpha value is -1.95. The molecule has 0 radical (unpaired) electrons. The lowest BCUT2D eigenvalue weighted by atomic mass is 9.95. The van der Waals surface area contributed by atoms with Crippen molar-refractivity contribution in [2.24, 2.45) is 5.41 Å². The number of halogens is 1. The van der Waals surface area contributed by atoms with Gasteiger partial charge in [0.15, 0.2) is 11.5 Å². The Bertz CT molecular complexity index is 662. The highest BCUT2D eigenvalue weighted by molar-refractivity contribution is 6.19. The minimum absolute atomic E-state index is 0.0272. The van der Waals surface area contributed by atoms with Crippen molar-refractivity contribution < 1.29 is 19.1 Å². The number of benzene rings is 1. The Morgan fingerprint density at radius 3 is 2.75 bits per heavy atom. The predicted octanol–water partition coefficient (Wildman–Crippen LogP) is 1.94. The Labute approximate surface area is 146 Å². The molecule has 1 atom stereocenters. The molecule has 2 amide bonds. The first-order valence-corrected chi connectivity index (χ1v) is 8.51. The van der Waals surface area contributed by atoms with Crippen molar-refractivity contribution in [1.82, 2.24) is 5.32 Å². The molecule has 2 aliphatic heterocycles. The number of alkyl halides is 1. The van der Waals surface area contributed by atoms with Gasteiger partial charge in [-0.1, -0.05) is 0 Å². The maximum Gasteiger partial charge on any atom is 0.229 e. The fraction of sp³-hybridized carbons (Fsp3) is 0.529. The molecule has 1 aromatic carbocycles. The van der Waals surface area contributed by atoms with Crippen molar-refractivity contribution in [2.45, 2.75) is 26.3 Å². The van der Waals surface area contributed by atoms with Crippen LogP contribution in [-0.2, 0) is 9.59 Å². The molecule has 6 nitrogen and oxygen atoms in total. The van der Waals surface area contributed by atoms with Crippen molar-refractivity contribution in [2.75, 3.05) is 30.5 Å². The van der Waals surface area contributed by atoms with Crippen molar-refractivity contribution in [3.63, 3.8) is 0 Å². The lowest BCUT2D eigenvalue weighted by molar-refractivity contribution is -0.128. The van der Waals surface area contributed by atoms with Crippen LogP contribution in [0.25, 0.3) is 0 Å². The maximum atomic E-state index is 12.3. The van der Waals surface area contributed by atoms with Crippen LogP contribution >= 0.6 is 11.6 Å². The summed E-state index contributed by atoms with van der Waals surface area (Å²) in [5.41, 5.74) is 0.0901. The second-order valence-corrected chi connectivity index (χ2v) is 6.99. The standard InChI is InChI=1S/C17H21ClN2O4/c1-17(2,10-18)16(22)19-11-7-15(21)20(9-11)12-3-4-13-14(8-12)24-6-5-23-13/h3-4,8,11H,5-7,9-10H2,1-2H3,(H,19,22). The molecule has 7 heteroatoms. The maximum absolute atomic E-state index is 12.3. The second-order valence-electron chi connectivity index (χ2n) is 6.72. The Morgan fingerprint density at radius 2 is 2.04 bits per heavy atom. The SMILES string of the molecule is CC(C)(CCl)C(=O)NC1CC(=O)N(c2ccc3c(c2)OCCO3)C1. The second kappa shape index (κ2) is 6.51. The number of ether oxygens (including phenoxy) is 2. The van der Waals surface area contributed by atoms with Crippen LogP contribution in [0.2, 0.25) is 0 Å². The average molecular weight is 353 g/mol. The molecular weight excluding hydrogens is 332 g/mol. The van der Waals surface area contributed by atoms with Gasteiger partial charge in [0.05, 0.1) is 11.5 Å². The first-order chi connectivity index (χ1) is 11.4. The number of hydrogen-bond acceptors (Lipinski definition) is 4. The van der Waals surface area contributed by atoms with Crippen LogP contribution in [0.5, 0.6) is 11.5 Å². The number of anilines is 1. The average Bonchev–Trinajstić information content (AvgIpc) is 2.94. The summed E-state index contributed by atoms with van der Waals surface area (Å²) in [5.74, 6) is 1.39. The summed E-state index contributed by atoms with van der Waals surface area (Å²) < 4.78 is 11.1. The van der Waals surface area contributed by atoms with Crippen LogP contribution in [-0.4, -0.2) is 43.5 Å². The van der Waals surface area contributed by atoms with E-state index in [0.717, 1.165) is 5.69 Å². The summed E-state index contributed by atoms with van der Waals surface area (Å²) in [7, 11) is 0. The van der Waals surface area contributed by atoms with Crippen molar-refractivity contribution >= 4 is 29.1 Å². The highest BCUT2D eigenvalue weighted by Crippen LogP contribution is 2.35. The monoisotopic (exact) mass is 352 g/mol. The zero-order chi connectivity index (χ0) is 17.3. The highest BCUT2D eigenvalue weighted by Gasteiger charge is 2.35. The largest absolute Gasteiger partial charge is 0.486 e. The van der Waals surface area contributed by atoms with Gasteiger partial charge >= 0.3 is 0 Å². The van der Waals surface area contributed by atoms with E-state index in [1.807, 2.05) is 6.07 Å². The molecule has 0 saturated carbocycles. The first-order valence-electron chi connectivity index (χ1n) is 7.97. The number of nitrogens with zero attached hydrogens (tertiary/aromatic N) is 1. The van der Waals surface area contributed by atoms with Gasteiger partial charge in [-0.25, -0.2) is 0 Å². The molecule has 130 valence electrons. The zero-order valence-electron chi connectivity index (χ0n) is 13.8. The number of carbonyl (C=O) groups is 2. The molecule has 2 aliphatic rings. The van der Waals surface area contributed by atoms with Gasteiger partial charge in [0.25, 0.3) is 0 Å². The Morgan fingerprint density at radius 1 is 1.33 bits per heavy atom. The van der Waals surface area contributed by atoms with Crippen LogP contribution in [0.4, 0.5) is 5.69 Å². The van der Waals surface area contributed by atoms with Crippen LogP contribution in [0, 0.1) is 5.41 Å². The van der Waals surface area contributed by atoms with Gasteiger partial charge in [-0.15, -0.1) is 11.6 Å². The lowest BCUT2D eigenvalue weighted by Gasteiger charge is -2.24. The van der Waals surface area contributed by atoms with E-state index in [4.69, 9.17) is 21.1 Å². The van der Waals surface area contributed by atoms with E-state index in [9.17, 15) is 9.59 Å². The molecule has 0 bridgehead atoms. The minimum Gasteiger partial charge on any atom is -0.486 e. The van der Waals surface area contributed by atoms with E-state index in [1.165, 1.54) is 0 Å². The summed E-state index contributed by atoms with van der Waals surface area (Å²) in [4.78, 5) is 26.2. The topological polar surface area (TPSA) is 67.9 Å². The van der Waals surface area contributed by atoms with Gasteiger partial charge in [-0.2, -0.15) is 0 Å². The molecule has 3 rings (SSSR count). The summed E-state index contributed by atoms with van der Waals surface area (Å²) in [6, 6.07) is 5.22. The van der Waals surface area contributed by atoms with Gasteiger partial charge in [-0.05, 0) is 26.0 Å². The highest BCUT2D eigenvalue weighted by atomic mass is 35.5. The molecule has 1 fully saturated rings. The van der Waals surface area contributed by atoms with E-state index in [1.54, 1.807) is 30.9 Å².